The van der Waals surface area contributed by atoms with Crippen LogP contribution in [-0.2, 0) is 0 Å². The lowest BCUT2D eigenvalue weighted by Crippen LogP contribution is -2.11. The molecule has 1 heterocycles. The number of aromatic nitrogens is 2. The first-order valence-electron chi connectivity index (χ1n) is 5.86. The Morgan fingerprint density at radius 2 is 2.15 bits per heavy atom. The van der Waals surface area contributed by atoms with Crippen LogP contribution in [0.25, 0.3) is 0 Å². The molecule has 0 unspecified atom stereocenters. The molecular formula is C12H12N4O3S. The van der Waals surface area contributed by atoms with Gasteiger partial charge in [0.25, 0.3) is 11.6 Å². The van der Waals surface area contributed by atoms with Crippen LogP contribution in [0.4, 0.5) is 10.8 Å². The molecule has 0 aliphatic rings. The molecule has 7 nitrogen and oxygen atoms in total. The number of amides is 1. The molecule has 0 saturated carbocycles. The minimum atomic E-state index is -0.543. The Hall–Kier alpha value is -2.35. The van der Waals surface area contributed by atoms with Gasteiger partial charge in [-0.2, -0.15) is 0 Å². The van der Waals surface area contributed by atoms with Crippen LogP contribution in [0.1, 0.15) is 35.1 Å². The highest BCUT2D eigenvalue weighted by Gasteiger charge is 2.14. The molecule has 0 atom stereocenters. The highest BCUT2D eigenvalue weighted by Crippen LogP contribution is 2.23. The third kappa shape index (κ3) is 3.15. The van der Waals surface area contributed by atoms with Crippen LogP contribution in [0.3, 0.4) is 0 Å². The van der Waals surface area contributed by atoms with Gasteiger partial charge < -0.3 is 0 Å². The molecule has 0 saturated heterocycles. The van der Waals surface area contributed by atoms with E-state index in [2.05, 4.69) is 15.5 Å². The number of benzene rings is 1. The number of nitro benzene ring substituents is 1. The van der Waals surface area contributed by atoms with E-state index in [-0.39, 0.29) is 17.2 Å². The summed E-state index contributed by atoms with van der Waals surface area (Å²) in [6.07, 6.45) is 0. The average molecular weight is 292 g/mol. The van der Waals surface area contributed by atoms with Crippen molar-refractivity contribution < 1.29 is 9.72 Å². The van der Waals surface area contributed by atoms with Gasteiger partial charge in [0.05, 0.1) is 4.92 Å². The van der Waals surface area contributed by atoms with Crippen LogP contribution in [0.5, 0.6) is 0 Å². The maximum Gasteiger partial charge on any atom is 0.270 e. The van der Waals surface area contributed by atoms with Crippen molar-refractivity contribution in [3.8, 4) is 0 Å². The number of rotatable bonds is 4. The highest BCUT2D eigenvalue weighted by molar-refractivity contribution is 7.15. The second kappa shape index (κ2) is 5.74. The molecular weight excluding hydrogens is 280 g/mol. The van der Waals surface area contributed by atoms with Gasteiger partial charge in [0, 0.05) is 23.6 Å². The second-order valence-electron chi connectivity index (χ2n) is 4.36. The maximum absolute atomic E-state index is 12.0. The number of carbonyl (C=O) groups excluding carboxylic acids is 1. The zero-order chi connectivity index (χ0) is 14.7. The highest BCUT2D eigenvalue weighted by atomic mass is 32.1. The van der Waals surface area contributed by atoms with Crippen LogP contribution in [0, 0.1) is 10.1 Å². The van der Waals surface area contributed by atoms with Crippen LogP contribution >= 0.6 is 11.3 Å². The molecule has 0 aliphatic heterocycles. The summed E-state index contributed by atoms with van der Waals surface area (Å²) in [6, 6.07) is 5.53. The molecule has 2 aromatic rings. The van der Waals surface area contributed by atoms with Crippen molar-refractivity contribution in [3.63, 3.8) is 0 Å². The average Bonchev–Trinajstić information content (AvgIpc) is 2.87. The molecule has 0 aliphatic carbocycles. The lowest BCUT2D eigenvalue weighted by molar-refractivity contribution is -0.384. The van der Waals surface area contributed by atoms with Gasteiger partial charge >= 0.3 is 0 Å². The van der Waals surface area contributed by atoms with E-state index in [1.165, 1.54) is 35.6 Å². The summed E-state index contributed by atoms with van der Waals surface area (Å²) >= 11 is 1.29. The molecule has 0 fully saturated rings. The molecule has 20 heavy (non-hydrogen) atoms. The van der Waals surface area contributed by atoms with Crippen LogP contribution in [0.15, 0.2) is 24.3 Å². The summed E-state index contributed by atoms with van der Waals surface area (Å²) in [7, 11) is 0. The number of anilines is 1. The first kappa shape index (κ1) is 14.1. The molecule has 0 bridgehead atoms. The Morgan fingerprint density at radius 1 is 1.40 bits per heavy atom. The molecule has 1 amide bonds. The quantitative estimate of drug-likeness (QED) is 0.690. The third-order valence-electron chi connectivity index (χ3n) is 2.47. The fraction of sp³-hybridized carbons (Fsp3) is 0.250. The minimum Gasteiger partial charge on any atom is -0.296 e. The first-order valence-corrected chi connectivity index (χ1v) is 6.68. The summed E-state index contributed by atoms with van der Waals surface area (Å²) in [5.74, 6) is -0.212. The fourth-order valence-electron chi connectivity index (χ4n) is 1.45. The van der Waals surface area contributed by atoms with E-state index < -0.39 is 10.8 Å². The van der Waals surface area contributed by atoms with Crippen molar-refractivity contribution in [2.24, 2.45) is 0 Å². The maximum atomic E-state index is 12.0. The van der Waals surface area contributed by atoms with Gasteiger partial charge in [-0.25, -0.2) is 0 Å². The lowest BCUT2D eigenvalue weighted by Gasteiger charge is -2.01. The third-order valence-corrected chi connectivity index (χ3v) is 3.61. The predicted molar refractivity (Wildman–Crippen MR) is 75.0 cm³/mol. The van der Waals surface area contributed by atoms with Crippen molar-refractivity contribution in [1.82, 2.24) is 10.2 Å². The normalized spacial score (nSPS) is 10.6. The molecule has 0 spiro atoms. The van der Waals surface area contributed by atoms with E-state index in [9.17, 15) is 14.9 Å². The van der Waals surface area contributed by atoms with E-state index in [0.29, 0.717) is 5.13 Å². The van der Waals surface area contributed by atoms with Gasteiger partial charge in [-0.3, -0.25) is 20.2 Å². The number of non-ortho nitro benzene ring substituents is 1. The number of carbonyl (C=O) groups is 1. The van der Waals surface area contributed by atoms with Gasteiger partial charge in [-0.1, -0.05) is 31.3 Å². The summed E-state index contributed by atoms with van der Waals surface area (Å²) in [4.78, 5) is 22.1. The number of hydrogen-bond donors (Lipinski definition) is 1. The monoisotopic (exact) mass is 292 g/mol. The van der Waals surface area contributed by atoms with Crippen molar-refractivity contribution in [1.29, 1.82) is 0 Å². The van der Waals surface area contributed by atoms with Crippen LogP contribution in [-0.4, -0.2) is 21.0 Å². The summed E-state index contributed by atoms with van der Waals surface area (Å²) in [5, 5.41) is 22.3. The largest absolute Gasteiger partial charge is 0.296 e. The Bertz CT molecular complexity index is 654. The Balaban J connectivity index is 2.15. The molecule has 104 valence electrons. The van der Waals surface area contributed by atoms with Crippen molar-refractivity contribution in [2.45, 2.75) is 19.8 Å². The van der Waals surface area contributed by atoms with Gasteiger partial charge in [-0.05, 0) is 6.07 Å². The molecule has 1 aromatic carbocycles. The topological polar surface area (TPSA) is 98.0 Å². The van der Waals surface area contributed by atoms with Gasteiger partial charge in [0.2, 0.25) is 5.13 Å². The van der Waals surface area contributed by atoms with Gasteiger partial charge in [-0.15, -0.1) is 10.2 Å². The Kier molecular flexibility index (Phi) is 4.04. The predicted octanol–water partition coefficient (Wildman–Crippen LogP) is 2.82. The van der Waals surface area contributed by atoms with E-state index >= 15 is 0 Å². The smallest absolute Gasteiger partial charge is 0.270 e. The number of nitrogens with zero attached hydrogens (tertiary/aromatic N) is 3. The van der Waals surface area contributed by atoms with E-state index in [1.54, 1.807) is 0 Å². The van der Waals surface area contributed by atoms with Crippen molar-refractivity contribution >= 4 is 28.1 Å². The lowest BCUT2D eigenvalue weighted by atomic mass is 10.2. The number of hydrogen-bond acceptors (Lipinski definition) is 6. The number of nitro groups is 1. The Labute approximate surface area is 118 Å². The van der Waals surface area contributed by atoms with Crippen LogP contribution in [0.2, 0.25) is 0 Å². The Morgan fingerprint density at radius 3 is 2.75 bits per heavy atom. The zero-order valence-electron chi connectivity index (χ0n) is 10.9. The van der Waals surface area contributed by atoms with Gasteiger partial charge in [0.1, 0.15) is 5.01 Å². The van der Waals surface area contributed by atoms with Gasteiger partial charge in [0.15, 0.2) is 0 Å². The molecule has 1 aromatic heterocycles. The standard InChI is InChI=1S/C12H12N4O3S/c1-7(2)11-14-15-12(20-11)13-10(17)8-4-3-5-9(6-8)16(18)19/h3-7H,1-2H3,(H,13,15,17). The summed E-state index contributed by atoms with van der Waals surface area (Å²) in [5.41, 5.74) is 0.0817. The SMILES string of the molecule is CC(C)c1nnc(NC(=O)c2cccc([N+](=O)[O-])c2)s1. The van der Waals surface area contributed by atoms with E-state index in [4.69, 9.17) is 0 Å². The van der Waals surface area contributed by atoms with Crippen molar-refractivity contribution in [3.05, 3.63) is 45.0 Å². The minimum absolute atomic E-state index is 0.127. The van der Waals surface area contributed by atoms with Crippen molar-refractivity contribution in [2.75, 3.05) is 5.32 Å². The second-order valence-corrected chi connectivity index (χ2v) is 5.37. The molecule has 2 rings (SSSR count). The molecule has 8 heteroatoms. The fourth-order valence-corrected chi connectivity index (χ4v) is 2.19. The van der Waals surface area contributed by atoms with E-state index in [0.717, 1.165) is 5.01 Å². The zero-order valence-corrected chi connectivity index (χ0v) is 11.7. The molecule has 1 N–H and O–H groups in total. The van der Waals surface area contributed by atoms with E-state index in [1.807, 2.05) is 13.8 Å². The summed E-state index contributed by atoms with van der Waals surface area (Å²) < 4.78 is 0. The number of nitrogens with one attached hydrogen (secondary N) is 1. The first-order chi connectivity index (χ1) is 9.47. The summed E-state index contributed by atoms with van der Waals surface area (Å²) in [6.45, 7) is 3.96. The van der Waals surface area contributed by atoms with Crippen LogP contribution < -0.4 is 5.32 Å². The molecule has 0 radical (unpaired) electrons.